The Morgan fingerprint density at radius 1 is 1.14 bits per heavy atom. The molecule has 1 heterocycles. The van der Waals surface area contributed by atoms with Crippen LogP contribution in [0.15, 0.2) is 21.3 Å². The van der Waals surface area contributed by atoms with Crippen LogP contribution in [0.1, 0.15) is 42.4 Å². The molecule has 0 unspecified atom stereocenters. The Morgan fingerprint density at radius 2 is 1.82 bits per heavy atom. The van der Waals surface area contributed by atoms with Crippen LogP contribution in [0.3, 0.4) is 0 Å². The lowest BCUT2D eigenvalue weighted by Gasteiger charge is -2.27. The van der Waals surface area contributed by atoms with Crippen molar-refractivity contribution in [3.63, 3.8) is 0 Å². The molecule has 1 aliphatic carbocycles. The molecule has 152 valence electrons. The molecule has 0 saturated heterocycles. The van der Waals surface area contributed by atoms with Crippen molar-refractivity contribution in [2.24, 2.45) is 11.8 Å². The number of hydrogen-bond acceptors (Lipinski definition) is 5. The number of nitrogens with one attached hydrogen (secondary N) is 1. The first-order valence-electron chi connectivity index (χ1n) is 9.94. The van der Waals surface area contributed by atoms with E-state index >= 15 is 0 Å². The monoisotopic (exact) mass is 387 g/mol. The Kier molecular flexibility index (Phi) is 6.39. The summed E-state index contributed by atoms with van der Waals surface area (Å²) >= 11 is 0. The number of benzene rings is 1. The number of rotatable bonds is 6. The molecule has 0 radical (unpaired) electrons. The second kappa shape index (κ2) is 8.78. The van der Waals surface area contributed by atoms with Crippen molar-refractivity contribution >= 4 is 16.9 Å². The maximum atomic E-state index is 12.3. The molecule has 2 N–H and O–H groups in total. The summed E-state index contributed by atoms with van der Waals surface area (Å²) in [7, 11) is 0. The molecule has 1 amide bonds. The number of aliphatic hydroxyl groups is 1. The van der Waals surface area contributed by atoms with Crippen molar-refractivity contribution in [1.82, 2.24) is 5.32 Å². The summed E-state index contributed by atoms with van der Waals surface area (Å²) in [5, 5.41) is 12.9. The van der Waals surface area contributed by atoms with Crippen LogP contribution in [0.2, 0.25) is 0 Å². The maximum Gasteiger partial charge on any atom is 0.339 e. The minimum Gasteiger partial charge on any atom is -0.483 e. The molecular weight excluding hydrogens is 358 g/mol. The SMILES string of the molecule is Cc1cc(OCC(=O)NCC2CCC(CO)CC2)c2c(C)c(C)c(=O)oc2c1. The molecule has 0 atom stereocenters. The Hall–Kier alpha value is -2.34. The second-order valence-electron chi connectivity index (χ2n) is 7.94. The highest BCUT2D eigenvalue weighted by Crippen LogP contribution is 2.31. The van der Waals surface area contributed by atoms with Gasteiger partial charge in [0.05, 0.1) is 5.39 Å². The van der Waals surface area contributed by atoms with Crippen LogP contribution in [0.4, 0.5) is 0 Å². The van der Waals surface area contributed by atoms with Crippen LogP contribution in [-0.2, 0) is 4.79 Å². The first-order chi connectivity index (χ1) is 13.4. The molecule has 1 aromatic heterocycles. The van der Waals surface area contributed by atoms with Gasteiger partial charge in [-0.1, -0.05) is 0 Å². The third kappa shape index (κ3) is 4.55. The van der Waals surface area contributed by atoms with Crippen molar-refractivity contribution in [3.8, 4) is 5.75 Å². The summed E-state index contributed by atoms with van der Waals surface area (Å²) in [5.41, 5.74) is 2.38. The number of amides is 1. The van der Waals surface area contributed by atoms with Gasteiger partial charge in [-0.15, -0.1) is 0 Å². The highest BCUT2D eigenvalue weighted by atomic mass is 16.5. The van der Waals surface area contributed by atoms with Gasteiger partial charge in [-0.3, -0.25) is 4.79 Å². The van der Waals surface area contributed by atoms with Crippen LogP contribution in [0.5, 0.6) is 5.75 Å². The number of ether oxygens (including phenoxy) is 1. The Morgan fingerprint density at radius 3 is 2.50 bits per heavy atom. The molecule has 2 aromatic rings. The zero-order chi connectivity index (χ0) is 20.3. The molecule has 6 heteroatoms. The van der Waals surface area contributed by atoms with Gasteiger partial charge in [0, 0.05) is 18.7 Å². The summed E-state index contributed by atoms with van der Waals surface area (Å²) in [6.07, 6.45) is 4.11. The third-order valence-corrected chi connectivity index (χ3v) is 5.83. The third-order valence-electron chi connectivity index (χ3n) is 5.83. The first kappa shape index (κ1) is 20.4. The minimum atomic E-state index is -0.352. The van der Waals surface area contributed by atoms with Gasteiger partial charge >= 0.3 is 5.63 Å². The van der Waals surface area contributed by atoms with E-state index in [1.54, 1.807) is 13.0 Å². The molecule has 0 bridgehead atoms. The molecule has 0 aliphatic heterocycles. The lowest BCUT2D eigenvalue weighted by atomic mass is 9.82. The molecule has 6 nitrogen and oxygen atoms in total. The summed E-state index contributed by atoms with van der Waals surface area (Å²) in [6, 6.07) is 3.66. The van der Waals surface area contributed by atoms with Gasteiger partial charge in [0.2, 0.25) is 0 Å². The summed E-state index contributed by atoms with van der Waals surface area (Å²) in [5.74, 6) is 1.27. The molecule has 1 fully saturated rings. The second-order valence-corrected chi connectivity index (χ2v) is 7.94. The maximum absolute atomic E-state index is 12.3. The van der Waals surface area contributed by atoms with E-state index in [0.29, 0.717) is 35.3 Å². The van der Waals surface area contributed by atoms with E-state index in [9.17, 15) is 14.7 Å². The molecule has 1 aromatic carbocycles. The fourth-order valence-corrected chi connectivity index (χ4v) is 3.87. The van der Waals surface area contributed by atoms with Crippen molar-refractivity contribution in [2.45, 2.75) is 46.5 Å². The smallest absolute Gasteiger partial charge is 0.339 e. The predicted molar refractivity (Wildman–Crippen MR) is 108 cm³/mol. The molecule has 1 saturated carbocycles. The summed E-state index contributed by atoms with van der Waals surface area (Å²) < 4.78 is 11.2. The van der Waals surface area contributed by atoms with E-state index in [1.165, 1.54) is 0 Å². The van der Waals surface area contributed by atoms with Gasteiger partial charge in [-0.05, 0) is 81.5 Å². The van der Waals surface area contributed by atoms with Crippen LogP contribution < -0.4 is 15.7 Å². The van der Waals surface area contributed by atoms with Gasteiger partial charge in [-0.2, -0.15) is 0 Å². The highest BCUT2D eigenvalue weighted by molar-refractivity contribution is 5.88. The number of aryl methyl sites for hydroxylation is 2. The fraction of sp³-hybridized carbons (Fsp3) is 0.545. The normalized spacial score (nSPS) is 19.6. The lowest BCUT2D eigenvalue weighted by molar-refractivity contribution is -0.123. The summed E-state index contributed by atoms with van der Waals surface area (Å²) in [6.45, 7) is 6.30. The van der Waals surface area contributed by atoms with Gasteiger partial charge < -0.3 is 19.6 Å². The molecule has 3 rings (SSSR count). The van der Waals surface area contributed by atoms with E-state index in [0.717, 1.165) is 42.2 Å². The zero-order valence-electron chi connectivity index (χ0n) is 16.8. The van der Waals surface area contributed by atoms with Gasteiger partial charge in [-0.25, -0.2) is 4.79 Å². The predicted octanol–water partition coefficient (Wildman–Crippen LogP) is 3.01. The largest absolute Gasteiger partial charge is 0.483 e. The van der Waals surface area contributed by atoms with Gasteiger partial charge in [0.1, 0.15) is 11.3 Å². The zero-order valence-corrected chi connectivity index (χ0v) is 16.8. The Bertz CT molecular complexity index is 909. The van der Waals surface area contributed by atoms with Crippen molar-refractivity contribution in [3.05, 3.63) is 39.2 Å². The number of carbonyl (C=O) groups excluding carboxylic acids is 1. The van der Waals surface area contributed by atoms with Crippen molar-refractivity contribution in [1.29, 1.82) is 0 Å². The minimum absolute atomic E-state index is 0.0812. The standard InChI is InChI=1S/C22H29NO5/c1-13-8-18(21-14(2)15(3)22(26)28-19(21)9-13)27-12-20(25)23-10-16-4-6-17(11-24)7-5-16/h8-9,16-17,24H,4-7,10-12H2,1-3H3,(H,23,25). The average molecular weight is 387 g/mol. The van der Waals surface area contributed by atoms with E-state index in [2.05, 4.69) is 5.32 Å². The van der Waals surface area contributed by atoms with Gasteiger partial charge in [0.15, 0.2) is 6.61 Å². The number of carbonyl (C=O) groups is 1. The molecule has 0 spiro atoms. The lowest BCUT2D eigenvalue weighted by Crippen LogP contribution is -2.34. The fourth-order valence-electron chi connectivity index (χ4n) is 3.87. The first-order valence-corrected chi connectivity index (χ1v) is 9.94. The van der Waals surface area contributed by atoms with Crippen molar-refractivity contribution in [2.75, 3.05) is 19.8 Å². The Labute approximate surface area is 164 Å². The average Bonchev–Trinajstić information content (AvgIpc) is 2.68. The highest BCUT2D eigenvalue weighted by Gasteiger charge is 2.21. The van der Waals surface area contributed by atoms with E-state index in [-0.39, 0.29) is 24.7 Å². The Balaban J connectivity index is 1.63. The molecular formula is C22H29NO5. The molecule has 28 heavy (non-hydrogen) atoms. The van der Waals surface area contributed by atoms with E-state index in [1.807, 2.05) is 19.9 Å². The van der Waals surface area contributed by atoms with Crippen LogP contribution >= 0.6 is 0 Å². The van der Waals surface area contributed by atoms with Crippen LogP contribution in [0, 0.1) is 32.6 Å². The van der Waals surface area contributed by atoms with E-state index < -0.39 is 0 Å². The summed E-state index contributed by atoms with van der Waals surface area (Å²) in [4.78, 5) is 24.2. The van der Waals surface area contributed by atoms with Crippen LogP contribution in [-0.4, -0.2) is 30.8 Å². The van der Waals surface area contributed by atoms with Crippen molar-refractivity contribution < 1.29 is 19.1 Å². The van der Waals surface area contributed by atoms with E-state index in [4.69, 9.17) is 9.15 Å². The number of fused-ring (bicyclic) bond motifs is 1. The topological polar surface area (TPSA) is 88.8 Å². The molecule has 1 aliphatic rings. The number of aliphatic hydroxyl groups excluding tert-OH is 1. The quantitative estimate of drug-likeness (QED) is 0.744. The van der Waals surface area contributed by atoms with Gasteiger partial charge in [0.25, 0.3) is 5.91 Å². The number of hydrogen-bond donors (Lipinski definition) is 2. The van der Waals surface area contributed by atoms with Crippen LogP contribution in [0.25, 0.3) is 11.0 Å².